The Balaban J connectivity index is 2.26. The molecule has 0 N–H and O–H groups in total. The van der Waals surface area contributed by atoms with Crippen LogP contribution in [0.1, 0.15) is 32.3 Å². The maximum absolute atomic E-state index is 12.3. The second-order valence-electron chi connectivity index (χ2n) is 6.80. The summed E-state index contributed by atoms with van der Waals surface area (Å²) >= 11 is 12.0. The molecule has 2 rings (SSSR count). The third kappa shape index (κ3) is 4.33. The van der Waals surface area contributed by atoms with Gasteiger partial charge in [-0.1, -0.05) is 29.3 Å². The van der Waals surface area contributed by atoms with E-state index in [9.17, 15) is 9.59 Å². The number of halogens is 2. The maximum Gasteiger partial charge on any atom is 0.410 e. The lowest BCUT2D eigenvalue weighted by molar-refractivity contribution is -0.145. The summed E-state index contributed by atoms with van der Waals surface area (Å²) in [6.07, 6.45) is -0.445. The Kier molecular flexibility index (Phi) is 5.66. The first-order valence-corrected chi connectivity index (χ1v) is 8.38. The van der Waals surface area contributed by atoms with Crippen LogP contribution in [-0.2, 0) is 14.3 Å². The Hall–Kier alpha value is -1.46. The molecular weight excluding hydrogens is 353 g/mol. The lowest BCUT2D eigenvalue weighted by atomic mass is 9.89. The fourth-order valence-electron chi connectivity index (χ4n) is 2.75. The number of hydrogen-bond donors (Lipinski definition) is 0. The monoisotopic (exact) mass is 373 g/mol. The number of ether oxygens (including phenoxy) is 2. The Morgan fingerprint density at radius 3 is 2.38 bits per heavy atom. The standard InChI is InChI=1S/C17H21Cl2NO4/c1-17(2,3)24-16(22)20-8-11(12(9-20)15(21)23-4)10-5-6-13(18)14(19)7-10/h5-7,11-12H,8-9H2,1-4H3/t11-,12+/m1/s1. The number of hydrogen-bond acceptors (Lipinski definition) is 4. The number of likely N-dealkylation sites (tertiary alicyclic amines) is 1. The first-order valence-electron chi connectivity index (χ1n) is 7.63. The molecule has 1 aliphatic heterocycles. The molecule has 24 heavy (non-hydrogen) atoms. The van der Waals surface area contributed by atoms with E-state index in [1.165, 1.54) is 12.0 Å². The molecule has 7 heteroatoms. The number of methoxy groups -OCH3 is 1. The van der Waals surface area contributed by atoms with E-state index in [-0.39, 0.29) is 18.4 Å². The van der Waals surface area contributed by atoms with E-state index in [0.717, 1.165) is 5.56 Å². The van der Waals surface area contributed by atoms with Gasteiger partial charge in [0, 0.05) is 19.0 Å². The smallest absolute Gasteiger partial charge is 0.410 e. The predicted octanol–water partition coefficient (Wildman–Crippen LogP) is 4.12. The van der Waals surface area contributed by atoms with Crippen LogP contribution >= 0.6 is 23.2 Å². The lowest BCUT2D eigenvalue weighted by Crippen LogP contribution is -2.36. The van der Waals surface area contributed by atoms with Crippen molar-refractivity contribution >= 4 is 35.3 Å². The molecule has 1 amide bonds. The summed E-state index contributed by atoms with van der Waals surface area (Å²) in [5.41, 5.74) is 0.241. The Bertz CT molecular complexity index is 642. The van der Waals surface area contributed by atoms with E-state index < -0.39 is 17.6 Å². The molecular formula is C17H21Cl2NO4. The van der Waals surface area contributed by atoms with Crippen LogP contribution in [0.5, 0.6) is 0 Å². The number of nitrogens with zero attached hydrogens (tertiary/aromatic N) is 1. The molecule has 1 aliphatic rings. The average Bonchev–Trinajstić information content (AvgIpc) is 2.93. The van der Waals surface area contributed by atoms with Gasteiger partial charge in [-0.2, -0.15) is 0 Å². The summed E-state index contributed by atoms with van der Waals surface area (Å²) in [4.78, 5) is 26.0. The Morgan fingerprint density at radius 2 is 1.83 bits per heavy atom. The first kappa shape index (κ1) is 18.9. The third-order valence-electron chi connectivity index (χ3n) is 3.85. The number of esters is 1. The van der Waals surface area contributed by atoms with E-state index in [0.29, 0.717) is 16.6 Å². The minimum absolute atomic E-state index is 0.222. The van der Waals surface area contributed by atoms with Crippen molar-refractivity contribution in [2.45, 2.75) is 32.3 Å². The van der Waals surface area contributed by atoms with Gasteiger partial charge in [0.15, 0.2) is 0 Å². The second-order valence-corrected chi connectivity index (χ2v) is 7.61. The van der Waals surface area contributed by atoms with Crippen molar-refractivity contribution in [3.63, 3.8) is 0 Å². The molecule has 5 nitrogen and oxygen atoms in total. The van der Waals surface area contributed by atoms with Gasteiger partial charge >= 0.3 is 12.1 Å². The third-order valence-corrected chi connectivity index (χ3v) is 4.59. The zero-order valence-corrected chi connectivity index (χ0v) is 15.6. The maximum atomic E-state index is 12.3. The van der Waals surface area contributed by atoms with Gasteiger partial charge in [0.1, 0.15) is 5.60 Å². The number of rotatable bonds is 2. The normalized spacial score (nSPS) is 20.8. The SMILES string of the molecule is COC(=O)[C@H]1CN(C(=O)OC(C)(C)C)C[C@@H]1c1ccc(Cl)c(Cl)c1. The molecule has 0 radical (unpaired) electrons. The predicted molar refractivity (Wildman–Crippen MR) is 92.5 cm³/mol. The fourth-order valence-corrected chi connectivity index (χ4v) is 3.06. The largest absolute Gasteiger partial charge is 0.469 e. The molecule has 0 aromatic heterocycles. The van der Waals surface area contributed by atoms with E-state index in [1.807, 2.05) is 6.07 Å². The van der Waals surface area contributed by atoms with Gasteiger partial charge in [-0.25, -0.2) is 4.79 Å². The van der Waals surface area contributed by atoms with Crippen molar-refractivity contribution < 1.29 is 19.1 Å². The molecule has 1 fully saturated rings. The van der Waals surface area contributed by atoms with Gasteiger partial charge in [0.25, 0.3) is 0 Å². The van der Waals surface area contributed by atoms with Crippen LogP contribution in [0.25, 0.3) is 0 Å². The summed E-state index contributed by atoms with van der Waals surface area (Å²) in [7, 11) is 1.34. The number of carbonyl (C=O) groups excluding carboxylic acids is 2. The van der Waals surface area contributed by atoms with E-state index in [1.54, 1.807) is 32.9 Å². The molecule has 0 spiro atoms. The molecule has 0 bridgehead atoms. The van der Waals surface area contributed by atoms with Crippen LogP contribution in [0.2, 0.25) is 10.0 Å². The summed E-state index contributed by atoms with van der Waals surface area (Å²) in [6, 6.07) is 5.22. The highest BCUT2D eigenvalue weighted by Crippen LogP contribution is 2.36. The number of amides is 1. The molecule has 1 saturated heterocycles. The van der Waals surface area contributed by atoms with Crippen LogP contribution in [0, 0.1) is 5.92 Å². The fraction of sp³-hybridized carbons (Fsp3) is 0.529. The molecule has 0 saturated carbocycles. The highest BCUT2D eigenvalue weighted by molar-refractivity contribution is 6.42. The van der Waals surface area contributed by atoms with Crippen molar-refractivity contribution in [2.75, 3.05) is 20.2 Å². The van der Waals surface area contributed by atoms with Crippen LogP contribution < -0.4 is 0 Å². The minimum atomic E-state index is -0.598. The second kappa shape index (κ2) is 7.19. The minimum Gasteiger partial charge on any atom is -0.469 e. The topological polar surface area (TPSA) is 55.8 Å². The van der Waals surface area contributed by atoms with E-state index in [2.05, 4.69) is 0 Å². The van der Waals surface area contributed by atoms with E-state index >= 15 is 0 Å². The molecule has 0 aliphatic carbocycles. The highest BCUT2D eigenvalue weighted by atomic mass is 35.5. The summed E-state index contributed by atoms with van der Waals surface area (Å²) in [5.74, 6) is -1.06. The molecule has 2 atom stereocenters. The van der Waals surface area contributed by atoms with Gasteiger partial charge < -0.3 is 14.4 Å². The average molecular weight is 374 g/mol. The van der Waals surface area contributed by atoms with Gasteiger partial charge in [-0.3, -0.25) is 4.79 Å². The van der Waals surface area contributed by atoms with Crippen LogP contribution in [-0.4, -0.2) is 42.8 Å². The molecule has 1 aromatic carbocycles. The molecule has 1 aromatic rings. The van der Waals surface area contributed by atoms with Crippen LogP contribution in [0.3, 0.4) is 0 Å². The van der Waals surface area contributed by atoms with Crippen molar-refractivity contribution in [1.29, 1.82) is 0 Å². The van der Waals surface area contributed by atoms with Crippen molar-refractivity contribution in [3.05, 3.63) is 33.8 Å². The van der Waals surface area contributed by atoms with Crippen LogP contribution in [0.4, 0.5) is 4.79 Å². The zero-order valence-electron chi connectivity index (χ0n) is 14.1. The molecule has 132 valence electrons. The van der Waals surface area contributed by atoms with Crippen LogP contribution in [0.15, 0.2) is 18.2 Å². The highest BCUT2D eigenvalue weighted by Gasteiger charge is 2.42. The van der Waals surface area contributed by atoms with Gasteiger partial charge in [0.2, 0.25) is 0 Å². The van der Waals surface area contributed by atoms with Gasteiger partial charge in [0.05, 0.1) is 23.1 Å². The summed E-state index contributed by atoms with van der Waals surface area (Å²) < 4.78 is 10.3. The number of carbonyl (C=O) groups is 2. The van der Waals surface area contributed by atoms with Gasteiger partial charge in [-0.05, 0) is 38.5 Å². The Morgan fingerprint density at radius 1 is 1.17 bits per heavy atom. The molecule has 1 heterocycles. The van der Waals surface area contributed by atoms with Crippen molar-refractivity contribution in [2.24, 2.45) is 5.92 Å². The summed E-state index contributed by atoms with van der Waals surface area (Å²) in [6.45, 7) is 6.00. The summed E-state index contributed by atoms with van der Waals surface area (Å²) in [5, 5.41) is 0.852. The number of benzene rings is 1. The lowest BCUT2D eigenvalue weighted by Gasteiger charge is -2.24. The zero-order chi connectivity index (χ0) is 18.1. The van der Waals surface area contributed by atoms with E-state index in [4.69, 9.17) is 32.7 Å². The first-order chi connectivity index (χ1) is 11.1. The molecule has 0 unspecified atom stereocenters. The van der Waals surface area contributed by atoms with Crippen molar-refractivity contribution in [3.8, 4) is 0 Å². The Labute approximate surface area is 151 Å². The van der Waals surface area contributed by atoms with Gasteiger partial charge in [-0.15, -0.1) is 0 Å². The van der Waals surface area contributed by atoms with Crippen molar-refractivity contribution in [1.82, 2.24) is 4.90 Å². The quantitative estimate of drug-likeness (QED) is 0.731.